The highest BCUT2D eigenvalue weighted by Gasteiger charge is 2.21. The molecule has 0 bridgehead atoms. The van der Waals surface area contributed by atoms with Crippen LogP contribution in [0.3, 0.4) is 0 Å². The Labute approximate surface area is 118 Å². The van der Waals surface area contributed by atoms with Crippen LogP contribution in [0.25, 0.3) is 0 Å². The molecule has 100 valence electrons. The molecule has 1 atom stereocenters. The van der Waals surface area contributed by atoms with Gasteiger partial charge in [-0.05, 0) is 52.9 Å². The standard InChI is InChI=1S/C15H22BrNO/c1-2-13-6-4-3-5-9-17(13)15-8-7-12(11-18)10-14(15)16/h7-8,10,13,18H,2-6,9,11H2,1H3. The third-order valence-electron chi connectivity index (χ3n) is 3.85. The number of hydrogen-bond donors (Lipinski definition) is 1. The summed E-state index contributed by atoms with van der Waals surface area (Å²) >= 11 is 3.65. The number of nitrogens with zero attached hydrogens (tertiary/aromatic N) is 1. The van der Waals surface area contributed by atoms with E-state index in [0.29, 0.717) is 6.04 Å². The third-order valence-corrected chi connectivity index (χ3v) is 4.49. The van der Waals surface area contributed by atoms with Crippen molar-refractivity contribution in [3.63, 3.8) is 0 Å². The van der Waals surface area contributed by atoms with E-state index in [0.717, 1.165) is 16.6 Å². The average Bonchev–Trinajstić information content (AvgIpc) is 2.63. The molecule has 0 saturated carbocycles. The van der Waals surface area contributed by atoms with Gasteiger partial charge in [0.1, 0.15) is 0 Å². The first kappa shape index (κ1) is 13.9. The number of aliphatic hydroxyl groups is 1. The van der Waals surface area contributed by atoms with Crippen molar-refractivity contribution in [1.29, 1.82) is 0 Å². The van der Waals surface area contributed by atoms with E-state index < -0.39 is 0 Å². The van der Waals surface area contributed by atoms with Crippen molar-refractivity contribution < 1.29 is 5.11 Å². The molecule has 1 unspecified atom stereocenters. The number of benzene rings is 1. The van der Waals surface area contributed by atoms with Crippen LogP contribution >= 0.6 is 15.9 Å². The fraction of sp³-hybridized carbons (Fsp3) is 0.600. The van der Waals surface area contributed by atoms with Crippen LogP contribution < -0.4 is 4.90 Å². The molecular weight excluding hydrogens is 290 g/mol. The molecule has 0 radical (unpaired) electrons. The molecule has 0 amide bonds. The number of aliphatic hydroxyl groups excluding tert-OH is 1. The lowest BCUT2D eigenvalue weighted by molar-refractivity contribution is 0.282. The van der Waals surface area contributed by atoms with E-state index in [1.54, 1.807) is 0 Å². The van der Waals surface area contributed by atoms with Crippen molar-refractivity contribution in [2.75, 3.05) is 11.4 Å². The minimum absolute atomic E-state index is 0.107. The van der Waals surface area contributed by atoms with Crippen molar-refractivity contribution in [3.05, 3.63) is 28.2 Å². The summed E-state index contributed by atoms with van der Waals surface area (Å²) in [6, 6.07) is 6.86. The molecule has 2 rings (SSSR count). The van der Waals surface area contributed by atoms with Crippen LogP contribution in [0.15, 0.2) is 22.7 Å². The van der Waals surface area contributed by atoms with Gasteiger partial charge < -0.3 is 10.0 Å². The quantitative estimate of drug-likeness (QED) is 0.908. The van der Waals surface area contributed by atoms with Crippen molar-refractivity contribution in [2.24, 2.45) is 0 Å². The largest absolute Gasteiger partial charge is 0.392 e. The summed E-state index contributed by atoms with van der Waals surface area (Å²) in [5.74, 6) is 0. The molecule has 1 aromatic rings. The van der Waals surface area contributed by atoms with Gasteiger partial charge in [-0.1, -0.05) is 25.8 Å². The summed E-state index contributed by atoms with van der Waals surface area (Å²) in [6.07, 6.45) is 6.48. The molecule has 1 aromatic carbocycles. The van der Waals surface area contributed by atoms with E-state index in [2.05, 4.69) is 33.8 Å². The average molecular weight is 312 g/mol. The number of anilines is 1. The summed E-state index contributed by atoms with van der Waals surface area (Å²) in [5, 5.41) is 9.17. The fourth-order valence-corrected chi connectivity index (χ4v) is 3.45. The zero-order chi connectivity index (χ0) is 13.0. The Kier molecular flexibility index (Phi) is 5.07. The predicted octanol–water partition coefficient (Wildman–Crippen LogP) is 4.10. The Morgan fingerprint density at radius 2 is 2.17 bits per heavy atom. The SMILES string of the molecule is CCC1CCCCCN1c1ccc(CO)cc1Br. The molecule has 0 aromatic heterocycles. The number of rotatable bonds is 3. The third kappa shape index (κ3) is 3.07. The first-order chi connectivity index (χ1) is 8.76. The van der Waals surface area contributed by atoms with E-state index >= 15 is 0 Å². The Morgan fingerprint density at radius 3 is 2.83 bits per heavy atom. The highest BCUT2D eigenvalue weighted by molar-refractivity contribution is 9.10. The topological polar surface area (TPSA) is 23.5 Å². The van der Waals surface area contributed by atoms with Crippen LogP contribution in [0, 0.1) is 0 Å². The lowest BCUT2D eigenvalue weighted by atomic mass is 10.1. The predicted molar refractivity (Wildman–Crippen MR) is 80.0 cm³/mol. The second kappa shape index (κ2) is 6.58. The Hall–Kier alpha value is -0.540. The summed E-state index contributed by atoms with van der Waals surface area (Å²) in [5.41, 5.74) is 2.24. The normalized spacial score (nSPS) is 20.8. The van der Waals surface area contributed by atoms with Gasteiger partial charge in [-0.15, -0.1) is 0 Å². The summed E-state index contributed by atoms with van der Waals surface area (Å²) in [7, 11) is 0. The molecule has 1 aliphatic heterocycles. The number of halogens is 1. The second-order valence-corrected chi connectivity index (χ2v) is 5.90. The molecule has 2 nitrogen and oxygen atoms in total. The Bertz CT molecular complexity index is 394. The summed E-state index contributed by atoms with van der Waals surface area (Å²) in [6.45, 7) is 3.53. The summed E-state index contributed by atoms with van der Waals surface area (Å²) < 4.78 is 1.11. The monoisotopic (exact) mass is 311 g/mol. The molecular formula is C15H22BrNO. The number of hydrogen-bond acceptors (Lipinski definition) is 2. The van der Waals surface area contributed by atoms with Gasteiger partial charge in [-0.3, -0.25) is 0 Å². The van der Waals surface area contributed by atoms with Crippen LogP contribution in [-0.2, 0) is 6.61 Å². The van der Waals surface area contributed by atoms with E-state index in [1.165, 1.54) is 37.8 Å². The van der Waals surface area contributed by atoms with E-state index in [4.69, 9.17) is 0 Å². The van der Waals surface area contributed by atoms with Gasteiger partial charge in [0, 0.05) is 17.1 Å². The molecule has 0 spiro atoms. The van der Waals surface area contributed by atoms with Crippen LogP contribution in [-0.4, -0.2) is 17.7 Å². The maximum Gasteiger partial charge on any atom is 0.0682 e. The van der Waals surface area contributed by atoms with Gasteiger partial charge in [0.15, 0.2) is 0 Å². The molecule has 18 heavy (non-hydrogen) atoms. The van der Waals surface area contributed by atoms with Gasteiger partial charge in [-0.2, -0.15) is 0 Å². The van der Waals surface area contributed by atoms with E-state index in [9.17, 15) is 5.11 Å². The fourth-order valence-electron chi connectivity index (χ4n) is 2.80. The van der Waals surface area contributed by atoms with E-state index in [1.807, 2.05) is 12.1 Å². The maximum absolute atomic E-state index is 9.17. The Balaban J connectivity index is 2.27. The highest BCUT2D eigenvalue weighted by atomic mass is 79.9. The molecule has 1 fully saturated rings. The highest BCUT2D eigenvalue weighted by Crippen LogP contribution is 2.32. The van der Waals surface area contributed by atoms with Crippen molar-refractivity contribution >= 4 is 21.6 Å². The summed E-state index contributed by atoms with van der Waals surface area (Å²) in [4.78, 5) is 2.54. The van der Waals surface area contributed by atoms with Gasteiger partial charge in [0.2, 0.25) is 0 Å². The van der Waals surface area contributed by atoms with Crippen LogP contribution in [0.2, 0.25) is 0 Å². The molecule has 0 aliphatic carbocycles. The molecule has 1 saturated heterocycles. The first-order valence-electron chi connectivity index (χ1n) is 6.92. The first-order valence-corrected chi connectivity index (χ1v) is 7.71. The molecule has 1 N–H and O–H groups in total. The zero-order valence-corrected chi connectivity index (χ0v) is 12.6. The zero-order valence-electron chi connectivity index (χ0n) is 11.0. The molecule has 3 heteroatoms. The minimum Gasteiger partial charge on any atom is -0.392 e. The van der Waals surface area contributed by atoms with Crippen LogP contribution in [0.1, 0.15) is 44.6 Å². The van der Waals surface area contributed by atoms with E-state index in [-0.39, 0.29) is 6.61 Å². The van der Waals surface area contributed by atoms with Gasteiger partial charge in [0.25, 0.3) is 0 Å². The van der Waals surface area contributed by atoms with Crippen molar-refractivity contribution in [3.8, 4) is 0 Å². The minimum atomic E-state index is 0.107. The smallest absolute Gasteiger partial charge is 0.0682 e. The second-order valence-electron chi connectivity index (χ2n) is 5.05. The van der Waals surface area contributed by atoms with Gasteiger partial charge >= 0.3 is 0 Å². The lowest BCUT2D eigenvalue weighted by Crippen LogP contribution is -2.34. The van der Waals surface area contributed by atoms with Crippen molar-refractivity contribution in [2.45, 2.75) is 51.7 Å². The Morgan fingerprint density at radius 1 is 1.33 bits per heavy atom. The van der Waals surface area contributed by atoms with Crippen LogP contribution in [0.5, 0.6) is 0 Å². The molecule has 1 aliphatic rings. The lowest BCUT2D eigenvalue weighted by Gasteiger charge is -2.32. The van der Waals surface area contributed by atoms with Crippen LogP contribution in [0.4, 0.5) is 5.69 Å². The van der Waals surface area contributed by atoms with Crippen molar-refractivity contribution in [1.82, 2.24) is 0 Å². The van der Waals surface area contributed by atoms with Gasteiger partial charge in [-0.25, -0.2) is 0 Å². The molecule has 1 heterocycles. The van der Waals surface area contributed by atoms with Gasteiger partial charge in [0.05, 0.1) is 12.3 Å². The maximum atomic E-state index is 9.17.